The van der Waals surface area contributed by atoms with Gasteiger partial charge in [0.05, 0.1) is 5.56 Å². The van der Waals surface area contributed by atoms with E-state index in [4.69, 9.17) is 11.6 Å². The highest BCUT2D eigenvalue weighted by Crippen LogP contribution is 2.21. The first-order valence-corrected chi connectivity index (χ1v) is 8.86. The van der Waals surface area contributed by atoms with Gasteiger partial charge in [-0.05, 0) is 36.8 Å². The fourth-order valence-electron chi connectivity index (χ4n) is 2.88. The predicted octanol–water partition coefficient (Wildman–Crippen LogP) is 2.96. The molecule has 1 aliphatic heterocycles. The summed E-state index contributed by atoms with van der Waals surface area (Å²) in [6.07, 6.45) is 1.57. The highest BCUT2D eigenvalue weighted by molar-refractivity contribution is 6.31. The number of aryl methyl sites for hydroxylation is 1. The van der Waals surface area contributed by atoms with Gasteiger partial charge < -0.3 is 15.1 Å². The number of benzene rings is 1. The quantitative estimate of drug-likeness (QED) is 0.899. The number of piperazine rings is 1. The highest BCUT2D eigenvalue weighted by Gasteiger charge is 2.19. The minimum Gasteiger partial charge on any atom is -0.353 e. The largest absolute Gasteiger partial charge is 0.353 e. The third-order valence-electron chi connectivity index (χ3n) is 4.51. The van der Waals surface area contributed by atoms with Crippen LogP contribution in [0.5, 0.6) is 0 Å². The molecule has 0 spiro atoms. The maximum Gasteiger partial charge on any atom is 0.257 e. The Labute approximate surface area is 157 Å². The zero-order chi connectivity index (χ0) is 18.7. The van der Waals surface area contributed by atoms with Crippen molar-refractivity contribution in [2.24, 2.45) is 0 Å². The standard InChI is InChI=1S/C19H21ClN4O2/c1-13-3-5-16(20)11-17(13)22-19(26)15-4-6-18(21-12-15)24-9-7-23(8-10-24)14(2)25/h3-6,11-12H,7-10H2,1-2H3,(H,22,26). The number of amides is 2. The van der Waals surface area contributed by atoms with Gasteiger partial charge in [0.1, 0.15) is 5.82 Å². The third-order valence-corrected chi connectivity index (χ3v) is 4.74. The summed E-state index contributed by atoms with van der Waals surface area (Å²) in [5, 5.41) is 3.44. The minimum atomic E-state index is -0.226. The van der Waals surface area contributed by atoms with E-state index in [2.05, 4.69) is 15.2 Å². The van der Waals surface area contributed by atoms with Gasteiger partial charge in [-0.1, -0.05) is 17.7 Å². The summed E-state index contributed by atoms with van der Waals surface area (Å²) < 4.78 is 0. The summed E-state index contributed by atoms with van der Waals surface area (Å²) in [6, 6.07) is 8.97. The number of hydrogen-bond donors (Lipinski definition) is 1. The van der Waals surface area contributed by atoms with E-state index in [0.29, 0.717) is 29.4 Å². The molecule has 3 rings (SSSR count). The number of rotatable bonds is 3. The van der Waals surface area contributed by atoms with E-state index in [1.807, 2.05) is 24.0 Å². The van der Waals surface area contributed by atoms with Crippen molar-refractivity contribution in [3.05, 3.63) is 52.7 Å². The molecule has 0 aliphatic carbocycles. The Hall–Kier alpha value is -2.60. The molecule has 136 valence electrons. The van der Waals surface area contributed by atoms with Crippen molar-refractivity contribution in [2.45, 2.75) is 13.8 Å². The molecule has 6 nitrogen and oxygen atoms in total. The molecule has 0 atom stereocenters. The second-order valence-corrected chi connectivity index (χ2v) is 6.75. The van der Waals surface area contributed by atoms with Crippen LogP contribution >= 0.6 is 11.6 Å². The van der Waals surface area contributed by atoms with E-state index in [1.165, 1.54) is 0 Å². The lowest BCUT2D eigenvalue weighted by atomic mass is 10.2. The Balaban J connectivity index is 1.65. The molecule has 0 saturated carbocycles. The van der Waals surface area contributed by atoms with Crippen molar-refractivity contribution >= 4 is 34.9 Å². The van der Waals surface area contributed by atoms with E-state index >= 15 is 0 Å². The van der Waals surface area contributed by atoms with Crippen molar-refractivity contribution in [1.82, 2.24) is 9.88 Å². The van der Waals surface area contributed by atoms with Crippen LogP contribution in [0.2, 0.25) is 5.02 Å². The van der Waals surface area contributed by atoms with Crippen LogP contribution in [0.3, 0.4) is 0 Å². The molecule has 7 heteroatoms. The van der Waals surface area contributed by atoms with Crippen LogP contribution in [0.1, 0.15) is 22.8 Å². The number of nitrogens with one attached hydrogen (secondary N) is 1. The number of pyridine rings is 1. The Morgan fingerprint density at radius 2 is 1.85 bits per heavy atom. The summed E-state index contributed by atoms with van der Waals surface area (Å²) in [7, 11) is 0. The molecule has 1 fully saturated rings. The number of anilines is 2. The van der Waals surface area contributed by atoms with Crippen LogP contribution in [0.4, 0.5) is 11.5 Å². The van der Waals surface area contributed by atoms with Crippen LogP contribution in [-0.2, 0) is 4.79 Å². The number of carbonyl (C=O) groups is 2. The van der Waals surface area contributed by atoms with E-state index < -0.39 is 0 Å². The van der Waals surface area contributed by atoms with Crippen molar-refractivity contribution in [2.75, 3.05) is 36.4 Å². The van der Waals surface area contributed by atoms with E-state index in [1.54, 1.807) is 31.3 Å². The van der Waals surface area contributed by atoms with Crippen LogP contribution in [-0.4, -0.2) is 47.9 Å². The van der Waals surface area contributed by atoms with Gasteiger partial charge in [0.15, 0.2) is 0 Å². The van der Waals surface area contributed by atoms with E-state index in [9.17, 15) is 9.59 Å². The molecule has 2 heterocycles. The summed E-state index contributed by atoms with van der Waals surface area (Å²) in [5.74, 6) is 0.681. The Bertz CT molecular complexity index is 815. The fourth-order valence-corrected chi connectivity index (χ4v) is 3.05. The van der Waals surface area contributed by atoms with Gasteiger partial charge >= 0.3 is 0 Å². The Kier molecular flexibility index (Phi) is 5.42. The molecular weight excluding hydrogens is 352 g/mol. The molecule has 1 saturated heterocycles. The highest BCUT2D eigenvalue weighted by atomic mass is 35.5. The van der Waals surface area contributed by atoms with E-state index in [-0.39, 0.29) is 11.8 Å². The molecule has 26 heavy (non-hydrogen) atoms. The SMILES string of the molecule is CC(=O)N1CCN(c2ccc(C(=O)Nc3cc(Cl)ccc3C)cn2)CC1. The molecule has 0 unspecified atom stereocenters. The molecule has 1 N–H and O–H groups in total. The normalized spacial score (nSPS) is 14.3. The second-order valence-electron chi connectivity index (χ2n) is 6.31. The fraction of sp³-hybridized carbons (Fsp3) is 0.316. The average molecular weight is 373 g/mol. The van der Waals surface area contributed by atoms with Crippen molar-refractivity contribution in [3.8, 4) is 0 Å². The molecule has 0 radical (unpaired) electrons. The number of carbonyl (C=O) groups excluding carboxylic acids is 2. The average Bonchev–Trinajstić information content (AvgIpc) is 2.65. The molecule has 2 aromatic rings. The number of nitrogens with zero attached hydrogens (tertiary/aromatic N) is 3. The van der Waals surface area contributed by atoms with E-state index in [0.717, 1.165) is 24.5 Å². The second kappa shape index (κ2) is 7.74. The van der Waals surface area contributed by atoms with Crippen molar-refractivity contribution in [3.63, 3.8) is 0 Å². The van der Waals surface area contributed by atoms with Crippen LogP contribution < -0.4 is 10.2 Å². The van der Waals surface area contributed by atoms with Gasteiger partial charge in [-0.25, -0.2) is 4.98 Å². The minimum absolute atomic E-state index is 0.0981. The van der Waals surface area contributed by atoms with Crippen LogP contribution in [0.15, 0.2) is 36.5 Å². The number of hydrogen-bond acceptors (Lipinski definition) is 4. The lowest BCUT2D eigenvalue weighted by Gasteiger charge is -2.34. The zero-order valence-corrected chi connectivity index (χ0v) is 15.6. The Morgan fingerprint density at radius 1 is 1.12 bits per heavy atom. The summed E-state index contributed by atoms with van der Waals surface area (Å²) in [5.41, 5.74) is 2.11. The smallest absolute Gasteiger partial charge is 0.257 e. The van der Waals surface area contributed by atoms with Gasteiger partial charge in [0.2, 0.25) is 5.91 Å². The van der Waals surface area contributed by atoms with Crippen molar-refractivity contribution < 1.29 is 9.59 Å². The number of aromatic nitrogens is 1. The van der Waals surface area contributed by atoms with Crippen LogP contribution in [0.25, 0.3) is 0 Å². The first-order chi connectivity index (χ1) is 12.4. The molecule has 1 aromatic carbocycles. The topological polar surface area (TPSA) is 65.5 Å². The third kappa shape index (κ3) is 4.14. The van der Waals surface area contributed by atoms with Gasteiger partial charge in [-0.2, -0.15) is 0 Å². The predicted molar refractivity (Wildman–Crippen MR) is 103 cm³/mol. The first kappa shape index (κ1) is 18.2. The van der Waals surface area contributed by atoms with Gasteiger partial charge in [-0.3, -0.25) is 9.59 Å². The van der Waals surface area contributed by atoms with Gasteiger partial charge in [0, 0.05) is 50.0 Å². The number of halogens is 1. The summed E-state index contributed by atoms with van der Waals surface area (Å²) >= 11 is 5.99. The summed E-state index contributed by atoms with van der Waals surface area (Å²) in [4.78, 5) is 32.2. The van der Waals surface area contributed by atoms with Crippen LogP contribution in [0, 0.1) is 6.92 Å². The monoisotopic (exact) mass is 372 g/mol. The zero-order valence-electron chi connectivity index (χ0n) is 14.8. The summed E-state index contributed by atoms with van der Waals surface area (Å²) in [6.45, 7) is 6.34. The molecule has 2 amide bonds. The Morgan fingerprint density at radius 3 is 2.46 bits per heavy atom. The lowest BCUT2D eigenvalue weighted by molar-refractivity contribution is -0.129. The maximum atomic E-state index is 12.4. The maximum absolute atomic E-state index is 12.4. The first-order valence-electron chi connectivity index (χ1n) is 8.48. The van der Waals surface area contributed by atoms with Crippen molar-refractivity contribution in [1.29, 1.82) is 0 Å². The molecule has 1 aromatic heterocycles. The lowest BCUT2D eigenvalue weighted by Crippen LogP contribution is -2.48. The van der Waals surface area contributed by atoms with Gasteiger partial charge in [0.25, 0.3) is 5.91 Å². The molecule has 0 bridgehead atoms. The molecule has 1 aliphatic rings. The molecular formula is C19H21ClN4O2. The van der Waals surface area contributed by atoms with Gasteiger partial charge in [-0.15, -0.1) is 0 Å².